The largest absolute Gasteiger partial charge is 0.493 e. The lowest BCUT2D eigenvalue weighted by Crippen LogP contribution is -2.58. The molecule has 29 heavy (non-hydrogen) atoms. The van der Waals surface area contributed by atoms with E-state index in [0.29, 0.717) is 22.3 Å². The number of hydrogen-bond acceptors (Lipinski definition) is 5. The third-order valence-electron chi connectivity index (χ3n) is 5.09. The molecule has 0 bridgehead atoms. The predicted molar refractivity (Wildman–Crippen MR) is 108 cm³/mol. The second-order valence-corrected chi connectivity index (χ2v) is 6.97. The monoisotopic (exact) mass is 392 g/mol. The number of halogens is 1. The SMILES string of the molecule is CO/C(C=N)=C(/N)c1cc(C(=O)N2CC(F)(c3ccc(C#N)cc3)C2)ccc1C. The summed E-state index contributed by atoms with van der Waals surface area (Å²) < 4.78 is 20.2. The number of alkyl halides is 1. The Hall–Kier alpha value is -3.66. The first-order chi connectivity index (χ1) is 13.8. The Bertz CT molecular complexity index is 1030. The second kappa shape index (κ2) is 7.76. The molecular weight excluding hydrogens is 371 g/mol. The molecule has 1 saturated heterocycles. The fourth-order valence-corrected chi connectivity index (χ4v) is 3.34. The van der Waals surface area contributed by atoms with Crippen molar-refractivity contribution < 1.29 is 13.9 Å². The first kappa shape index (κ1) is 20.1. The highest BCUT2D eigenvalue weighted by atomic mass is 19.1. The van der Waals surface area contributed by atoms with Gasteiger partial charge in [0, 0.05) is 11.1 Å². The van der Waals surface area contributed by atoms with Gasteiger partial charge in [-0.3, -0.25) is 4.79 Å². The quantitative estimate of drug-likeness (QED) is 0.603. The van der Waals surface area contributed by atoms with Crippen molar-refractivity contribution in [1.29, 1.82) is 10.7 Å². The highest BCUT2D eigenvalue weighted by molar-refractivity contribution is 5.96. The molecule has 2 aromatic carbocycles. The van der Waals surface area contributed by atoms with Gasteiger partial charge in [0.2, 0.25) is 0 Å². The van der Waals surface area contributed by atoms with Gasteiger partial charge in [-0.15, -0.1) is 0 Å². The minimum Gasteiger partial charge on any atom is -0.493 e. The van der Waals surface area contributed by atoms with Crippen LogP contribution in [-0.4, -0.2) is 37.2 Å². The lowest BCUT2D eigenvalue weighted by molar-refractivity contribution is -0.0231. The van der Waals surface area contributed by atoms with Crippen molar-refractivity contribution in [2.24, 2.45) is 5.73 Å². The second-order valence-electron chi connectivity index (χ2n) is 6.97. The third-order valence-corrected chi connectivity index (χ3v) is 5.09. The van der Waals surface area contributed by atoms with E-state index >= 15 is 4.39 Å². The molecule has 0 unspecified atom stereocenters. The molecule has 2 aromatic rings. The Morgan fingerprint density at radius 3 is 2.52 bits per heavy atom. The maximum atomic E-state index is 15.1. The van der Waals surface area contributed by atoms with Gasteiger partial charge in [-0.25, -0.2) is 4.39 Å². The lowest BCUT2D eigenvalue weighted by atomic mass is 9.87. The summed E-state index contributed by atoms with van der Waals surface area (Å²) in [6, 6.07) is 13.4. The number of carbonyl (C=O) groups excluding carboxylic acids is 1. The molecular formula is C22H21FN4O2. The van der Waals surface area contributed by atoms with Gasteiger partial charge < -0.3 is 20.8 Å². The number of nitrogens with two attached hydrogens (primary N) is 1. The van der Waals surface area contributed by atoms with Crippen LogP contribution in [-0.2, 0) is 10.4 Å². The summed E-state index contributed by atoms with van der Waals surface area (Å²) in [5, 5.41) is 16.2. The maximum absolute atomic E-state index is 15.1. The fraction of sp³-hybridized carbons (Fsp3) is 0.227. The third kappa shape index (κ3) is 3.69. The van der Waals surface area contributed by atoms with Crippen molar-refractivity contribution in [2.75, 3.05) is 20.2 Å². The van der Waals surface area contributed by atoms with Crippen molar-refractivity contribution in [3.63, 3.8) is 0 Å². The Balaban J connectivity index is 1.80. The summed E-state index contributed by atoms with van der Waals surface area (Å²) in [6.07, 6.45) is 1.01. The van der Waals surface area contributed by atoms with Crippen LogP contribution in [0.2, 0.25) is 0 Å². The van der Waals surface area contributed by atoms with E-state index in [9.17, 15) is 4.79 Å². The zero-order valence-electron chi connectivity index (χ0n) is 16.2. The van der Waals surface area contributed by atoms with Gasteiger partial charge in [-0.1, -0.05) is 18.2 Å². The van der Waals surface area contributed by atoms with Crippen LogP contribution in [0.5, 0.6) is 0 Å². The maximum Gasteiger partial charge on any atom is 0.254 e. The topological polar surface area (TPSA) is 103 Å². The number of nitriles is 1. The number of aryl methyl sites for hydroxylation is 1. The molecule has 148 valence electrons. The van der Waals surface area contributed by atoms with Crippen LogP contribution < -0.4 is 5.73 Å². The number of ether oxygens (including phenoxy) is 1. The molecule has 7 heteroatoms. The van der Waals surface area contributed by atoms with Gasteiger partial charge in [0.15, 0.2) is 11.4 Å². The van der Waals surface area contributed by atoms with Crippen LogP contribution in [0.3, 0.4) is 0 Å². The summed E-state index contributed by atoms with van der Waals surface area (Å²) in [6.45, 7) is 1.72. The minimum atomic E-state index is -1.63. The zero-order chi connectivity index (χ0) is 21.2. The zero-order valence-corrected chi connectivity index (χ0v) is 16.2. The molecule has 1 aliphatic rings. The van der Waals surface area contributed by atoms with Crippen LogP contribution in [0.4, 0.5) is 4.39 Å². The Morgan fingerprint density at radius 2 is 1.97 bits per heavy atom. The number of nitrogens with one attached hydrogen (secondary N) is 1. The molecule has 0 spiro atoms. The first-order valence-electron chi connectivity index (χ1n) is 8.97. The van der Waals surface area contributed by atoms with Gasteiger partial charge >= 0.3 is 0 Å². The van der Waals surface area contributed by atoms with Crippen molar-refractivity contribution in [2.45, 2.75) is 12.6 Å². The van der Waals surface area contributed by atoms with Gasteiger partial charge in [0.1, 0.15) is 0 Å². The molecule has 1 aliphatic heterocycles. The van der Waals surface area contributed by atoms with Crippen LogP contribution >= 0.6 is 0 Å². The highest BCUT2D eigenvalue weighted by Crippen LogP contribution is 2.37. The minimum absolute atomic E-state index is 0.0594. The summed E-state index contributed by atoms with van der Waals surface area (Å²) in [5.74, 6) is -0.0972. The first-order valence-corrected chi connectivity index (χ1v) is 8.97. The molecule has 0 atom stereocenters. The normalized spacial score (nSPS) is 15.6. The van der Waals surface area contributed by atoms with Crippen molar-refractivity contribution in [3.8, 4) is 6.07 Å². The van der Waals surface area contributed by atoms with Crippen LogP contribution in [0.25, 0.3) is 5.70 Å². The summed E-state index contributed by atoms with van der Waals surface area (Å²) in [7, 11) is 1.42. The van der Waals surface area contributed by atoms with Gasteiger partial charge in [0.05, 0.1) is 43.7 Å². The molecule has 0 aliphatic carbocycles. The van der Waals surface area contributed by atoms with Gasteiger partial charge in [0.25, 0.3) is 5.91 Å². The number of hydrogen-bond donors (Lipinski definition) is 2. The van der Waals surface area contributed by atoms with E-state index in [1.165, 1.54) is 12.0 Å². The molecule has 1 fully saturated rings. The summed E-state index contributed by atoms with van der Waals surface area (Å²) in [5.41, 5.74) is 7.45. The Morgan fingerprint density at radius 1 is 1.31 bits per heavy atom. The number of rotatable bonds is 5. The number of allylic oxidation sites excluding steroid dienone is 1. The van der Waals surface area contributed by atoms with Crippen molar-refractivity contribution in [3.05, 3.63) is 76.0 Å². The van der Waals surface area contributed by atoms with E-state index in [0.717, 1.165) is 11.8 Å². The molecule has 0 saturated carbocycles. The van der Waals surface area contributed by atoms with E-state index in [-0.39, 0.29) is 30.5 Å². The standard InChI is InChI=1S/C22H21FN4O2/c1-14-3-6-16(9-18(14)20(26)19(11-25)29-2)21(28)27-12-22(23,13-27)17-7-4-15(10-24)5-8-17/h3-9,11,25H,12-13,26H2,1-2H3/b20-19+,25-11?. The molecule has 3 N–H and O–H groups in total. The van der Waals surface area contributed by atoms with E-state index in [2.05, 4.69) is 0 Å². The lowest BCUT2D eigenvalue weighted by Gasteiger charge is -2.44. The number of nitrogens with zero attached hydrogens (tertiary/aromatic N) is 2. The van der Waals surface area contributed by atoms with Gasteiger partial charge in [-0.2, -0.15) is 5.26 Å². The van der Waals surface area contributed by atoms with Crippen LogP contribution in [0.1, 0.15) is 32.6 Å². The summed E-state index contributed by atoms with van der Waals surface area (Å²) >= 11 is 0. The number of amides is 1. The van der Waals surface area contributed by atoms with E-state index < -0.39 is 5.67 Å². The number of benzene rings is 2. The molecule has 1 amide bonds. The predicted octanol–water partition coefficient (Wildman–Crippen LogP) is 3.11. The fourth-order valence-electron chi connectivity index (χ4n) is 3.34. The Kier molecular flexibility index (Phi) is 5.37. The van der Waals surface area contributed by atoms with Crippen molar-refractivity contribution >= 4 is 17.8 Å². The molecule has 1 heterocycles. The van der Waals surface area contributed by atoms with E-state index in [1.54, 1.807) is 42.5 Å². The Labute approximate surface area is 168 Å². The van der Waals surface area contributed by atoms with E-state index in [1.807, 2.05) is 13.0 Å². The average molecular weight is 392 g/mol. The highest BCUT2D eigenvalue weighted by Gasteiger charge is 2.47. The van der Waals surface area contributed by atoms with E-state index in [4.69, 9.17) is 21.1 Å². The smallest absolute Gasteiger partial charge is 0.254 e. The molecule has 0 aromatic heterocycles. The molecule has 6 nitrogen and oxygen atoms in total. The molecule has 3 rings (SSSR count). The van der Waals surface area contributed by atoms with Crippen LogP contribution in [0.15, 0.2) is 48.2 Å². The average Bonchev–Trinajstić information content (AvgIpc) is 2.72. The number of likely N-dealkylation sites (tertiary alicyclic amines) is 1. The summed E-state index contributed by atoms with van der Waals surface area (Å²) in [4.78, 5) is 14.3. The number of methoxy groups -OCH3 is 1. The molecule has 0 radical (unpaired) electrons. The number of carbonyl (C=O) groups is 1. The van der Waals surface area contributed by atoms with Gasteiger partial charge in [-0.05, 0) is 42.3 Å². The van der Waals surface area contributed by atoms with Crippen LogP contribution in [0, 0.1) is 23.7 Å². The van der Waals surface area contributed by atoms with Crippen molar-refractivity contribution in [1.82, 2.24) is 4.90 Å².